The van der Waals surface area contributed by atoms with Gasteiger partial charge in [-0.15, -0.1) is 0 Å². The van der Waals surface area contributed by atoms with Crippen molar-refractivity contribution in [1.29, 1.82) is 0 Å². The van der Waals surface area contributed by atoms with Gasteiger partial charge in [-0.25, -0.2) is 4.98 Å². The van der Waals surface area contributed by atoms with E-state index >= 15 is 0 Å². The molecule has 1 aliphatic heterocycles. The SMILES string of the molecule is Cc1cccc(C=NNc2cc(N3CCOCC3)cc(CCCOC(=O)CCO)n2)c1. The highest BCUT2D eigenvalue weighted by Gasteiger charge is 2.14. The van der Waals surface area contributed by atoms with E-state index in [4.69, 9.17) is 14.6 Å². The highest BCUT2D eigenvalue weighted by atomic mass is 16.5. The predicted molar refractivity (Wildman–Crippen MR) is 121 cm³/mol. The second-order valence-electron chi connectivity index (χ2n) is 7.38. The quantitative estimate of drug-likeness (QED) is 0.261. The molecule has 3 rings (SSSR count). The standard InChI is InChI=1S/C23H30N4O4/c1-18-4-2-5-19(14-18)17-24-26-22-16-21(27-8-12-30-13-9-27)15-20(25-22)6-3-11-31-23(29)7-10-28/h2,4-5,14-17,28H,3,6-13H2,1H3,(H,25,26). The van der Waals surface area contributed by atoms with Crippen LogP contribution in [-0.2, 0) is 20.7 Å². The maximum Gasteiger partial charge on any atom is 0.308 e. The molecule has 2 heterocycles. The molecule has 1 aromatic carbocycles. The summed E-state index contributed by atoms with van der Waals surface area (Å²) in [6, 6.07) is 12.2. The lowest BCUT2D eigenvalue weighted by Gasteiger charge is -2.29. The number of anilines is 2. The Kier molecular flexibility index (Phi) is 8.81. The molecule has 166 valence electrons. The van der Waals surface area contributed by atoms with Crippen LogP contribution >= 0.6 is 0 Å². The molecule has 0 amide bonds. The number of hydrazone groups is 1. The fourth-order valence-corrected chi connectivity index (χ4v) is 3.29. The van der Waals surface area contributed by atoms with Crippen LogP contribution in [0.15, 0.2) is 41.5 Å². The molecule has 0 saturated carbocycles. The van der Waals surface area contributed by atoms with E-state index in [0.29, 0.717) is 38.5 Å². The fraction of sp³-hybridized carbons (Fsp3) is 0.435. The Balaban J connectivity index is 1.66. The van der Waals surface area contributed by atoms with Crippen molar-refractivity contribution in [2.45, 2.75) is 26.2 Å². The Morgan fingerprint density at radius 1 is 1.32 bits per heavy atom. The molecule has 1 saturated heterocycles. The first-order valence-corrected chi connectivity index (χ1v) is 10.6. The average molecular weight is 427 g/mol. The number of pyridine rings is 1. The summed E-state index contributed by atoms with van der Waals surface area (Å²) in [7, 11) is 0. The zero-order chi connectivity index (χ0) is 21.9. The maximum atomic E-state index is 11.4. The van der Waals surface area contributed by atoms with Crippen LogP contribution in [0.25, 0.3) is 0 Å². The van der Waals surface area contributed by atoms with Gasteiger partial charge in [0.05, 0.1) is 39.1 Å². The van der Waals surface area contributed by atoms with Crippen LogP contribution in [0.1, 0.15) is 29.7 Å². The number of ether oxygens (including phenoxy) is 2. The van der Waals surface area contributed by atoms with Gasteiger partial charge in [-0.1, -0.05) is 29.8 Å². The molecule has 1 aromatic heterocycles. The van der Waals surface area contributed by atoms with E-state index in [9.17, 15) is 4.79 Å². The van der Waals surface area contributed by atoms with Gasteiger partial charge in [0.2, 0.25) is 0 Å². The topological polar surface area (TPSA) is 96.3 Å². The third-order valence-electron chi connectivity index (χ3n) is 4.83. The van der Waals surface area contributed by atoms with E-state index in [0.717, 1.165) is 30.0 Å². The van der Waals surface area contributed by atoms with Crippen LogP contribution in [0.4, 0.5) is 11.5 Å². The van der Waals surface area contributed by atoms with Crippen molar-refractivity contribution in [1.82, 2.24) is 4.98 Å². The predicted octanol–water partition coefficient (Wildman–Crippen LogP) is 2.53. The Morgan fingerprint density at radius 2 is 2.16 bits per heavy atom. The van der Waals surface area contributed by atoms with E-state index in [1.54, 1.807) is 6.21 Å². The van der Waals surface area contributed by atoms with Gasteiger partial charge in [-0.3, -0.25) is 10.2 Å². The van der Waals surface area contributed by atoms with E-state index in [1.165, 1.54) is 5.56 Å². The molecule has 1 fully saturated rings. The fourth-order valence-electron chi connectivity index (χ4n) is 3.29. The van der Waals surface area contributed by atoms with Crippen LogP contribution in [0.3, 0.4) is 0 Å². The van der Waals surface area contributed by atoms with Crippen molar-refractivity contribution in [2.24, 2.45) is 5.10 Å². The monoisotopic (exact) mass is 426 g/mol. The van der Waals surface area contributed by atoms with E-state index < -0.39 is 0 Å². The van der Waals surface area contributed by atoms with Gasteiger partial charge >= 0.3 is 5.97 Å². The molecule has 0 atom stereocenters. The van der Waals surface area contributed by atoms with Gasteiger partial charge in [0.15, 0.2) is 0 Å². The highest BCUT2D eigenvalue weighted by molar-refractivity contribution is 5.80. The number of rotatable bonds is 10. The van der Waals surface area contributed by atoms with Crippen molar-refractivity contribution >= 4 is 23.7 Å². The number of aliphatic hydroxyl groups is 1. The van der Waals surface area contributed by atoms with Crippen LogP contribution in [0, 0.1) is 6.92 Å². The minimum atomic E-state index is -0.384. The molecular weight excluding hydrogens is 396 g/mol. The third kappa shape index (κ3) is 7.66. The minimum absolute atomic E-state index is 0.0256. The van der Waals surface area contributed by atoms with Gasteiger partial charge in [0, 0.05) is 30.5 Å². The molecule has 0 radical (unpaired) electrons. The number of aryl methyl sites for hydroxylation is 2. The first-order valence-electron chi connectivity index (χ1n) is 10.6. The summed E-state index contributed by atoms with van der Waals surface area (Å²) in [6.07, 6.45) is 3.12. The van der Waals surface area contributed by atoms with Gasteiger partial charge in [-0.05, 0) is 31.4 Å². The first kappa shape index (κ1) is 22.7. The number of hydrogen-bond donors (Lipinski definition) is 2. The molecule has 2 aromatic rings. The van der Waals surface area contributed by atoms with Gasteiger partial charge in [0.1, 0.15) is 5.82 Å². The van der Waals surface area contributed by atoms with Gasteiger partial charge in [0.25, 0.3) is 0 Å². The lowest BCUT2D eigenvalue weighted by Crippen LogP contribution is -2.36. The van der Waals surface area contributed by atoms with E-state index in [1.807, 2.05) is 31.2 Å². The summed E-state index contributed by atoms with van der Waals surface area (Å²) in [5, 5.41) is 13.1. The summed E-state index contributed by atoms with van der Waals surface area (Å²) < 4.78 is 10.6. The summed E-state index contributed by atoms with van der Waals surface area (Å²) in [4.78, 5) is 18.3. The van der Waals surface area contributed by atoms with Crippen molar-refractivity contribution in [3.63, 3.8) is 0 Å². The number of nitrogens with one attached hydrogen (secondary N) is 1. The number of benzene rings is 1. The first-order chi connectivity index (χ1) is 15.1. The molecule has 0 spiro atoms. The zero-order valence-electron chi connectivity index (χ0n) is 17.9. The lowest BCUT2D eigenvalue weighted by molar-refractivity contribution is -0.144. The van der Waals surface area contributed by atoms with Crippen LogP contribution in [-0.4, -0.2) is 61.8 Å². The third-order valence-corrected chi connectivity index (χ3v) is 4.83. The Hall–Kier alpha value is -2.97. The highest BCUT2D eigenvalue weighted by Crippen LogP contribution is 2.22. The molecular formula is C23H30N4O4. The number of carbonyl (C=O) groups is 1. The van der Waals surface area contributed by atoms with Gasteiger partial charge in [-0.2, -0.15) is 5.10 Å². The van der Waals surface area contributed by atoms with Crippen LogP contribution in [0.2, 0.25) is 0 Å². The second kappa shape index (κ2) is 12.0. The Labute approximate surface area is 182 Å². The van der Waals surface area contributed by atoms with E-state index in [-0.39, 0.29) is 19.0 Å². The summed E-state index contributed by atoms with van der Waals surface area (Å²) in [5.41, 5.74) is 7.21. The largest absolute Gasteiger partial charge is 0.466 e. The summed E-state index contributed by atoms with van der Waals surface area (Å²) in [6.45, 7) is 5.21. The smallest absolute Gasteiger partial charge is 0.308 e. The second-order valence-corrected chi connectivity index (χ2v) is 7.38. The van der Waals surface area contributed by atoms with Crippen molar-refractivity contribution in [3.8, 4) is 0 Å². The molecule has 0 aliphatic carbocycles. The Bertz CT molecular complexity index is 882. The Morgan fingerprint density at radius 3 is 2.94 bits per heavy atom. The molecule has 8 nitrogen and oxygen atoms in total. The van der Waals surface area contributed by atoms with E-state index in [2.05, 4.69) is 32.5 Å². The number of nitrogens with zero attached hydrogens (tertiary/aromatic N) is 3. The molecule has 0 bridgehead atoms. The number of esters is 1. The normalized spacial score (nSPS) is 14.1. The van der Waals surface area contributed by atoms with Crippen LogP contribution in [0.5, 0.6) is 0 Å². The molecule has 31 heavy (non-hydrogen) atoms. The van der Waals surface area contributed by atoms with Crippen LogP contribution < -0.4 is 10.3 Å². The zero-order valence-corrected chi connectivity index (χ0v) is 17.9. The minimum Gasteiger partial charge on any atom is -0.466 e. The molecule has 0 unspecified atom stereocenters. The molecule has 1 aliphatic rings. The lowest BCUT2D eigenvalue weighted by atomic mass is 10.2. The summed E-state index contributed by atoms with van der Waals surface area (Å²) in [5.74, 6) is 0.283. The van der Waals surface area contributed by atoms with Gasteiger partial charge < -0.3 is 19.5 Å². The number of morpholine rings is 1. The summed E-state index contributed by atoms with van der Waals surface area (Å²) >= 11 is 0. The van der Waals surface area contributed by atoms with Crippen molar-refractivity contribution in [3.05, 3.63) is 53.2 Å². The number of carbonyl (C=O) groups excluding carboxylic acids is 1. The average Bonchev–Trinajstić information content (AvgIpc) is 2.77. The number of aliphatic hydroxyl groups excluding tert-OH is 1. The molecule has 8 heteroatoms. The maximum absolute atomic E-state index is 11.4. The van der Waals surface area contributed by atoms with Crippen molar-refractivity contribution < 1.29 is 19.4 Å². The number of aromatic nitrogens is 1. The van der Waals surface area contributed by atoms with Crippen molar-refractivity contribution in [2.75, 3.05) is 49.8 Å². The number of hydrogen-bond acceptors (Lipinski definition) is 8. The molecule has 2 N–H and O–H groups in total.